The minimum atomic E-state index is 0.910. The average Bonchev–Trinajstić information content (AvgIpc) is 2.64. The molecular weight excluding hydrogens is 250 g/mol. The summed E-state index contributed by atoms with van der Waals surface area (Å²) in [4.78, 5) is 7.16. The van der Waals surface area contributed by atoms with Crippen LogP contribution in [0, 0.1) is 0 Å². The molecule has 1 aromatic heterocycles. The molecule has 17 heavy (non-hydrogen) atoms. The van der Waals surface area contributed by atoms with Gasteiger partial charge in [0.25, 0.3) is 0 Å². The van der Waals surface area contributed by atoms with Crippen LogP contribution in [0.25, 0.3) is 0 Å². The van der Waals surface area contributed by atoms with Crippen LogP contribution in [0.1, 0.15) is 25.5 Å². The highest BCUT2D eigenvalue weighted by Gasteiger charge is 2.13. The number of aromatic nitrogens is 1. The molecule has 0 spiro atoms. The maximum absolute atomic E-state index is 4.72. The van der Waals surface area contributed by atoms with Crippen molar-refractivity contribution >= 4 is 28.2 Å². The summed E-state index contributed by atoms with van der Waals surface area (Å²) in [5.74, 6) is 2.54. The zero-order valence-corrected chi connectivity index (χ0v) is 12.1. The summed E-state index contributed by atoms with van der Waals surface area (Å²) in [5.41, 5.74) is 1.19. The van der Waals surface area contributed by atoms with E-state index >= 15 is 0 Å². The Morgan fingerprint density at radius 3 is 3.24 bits per heavy atom. The predicted molar refractivity (Wildman–Crippen MR) is 78.3 cm³/mol. The molecule has 2 rings (SSSR count). The number of nitrogens with zero attached hydrogens (tertiary/aromatic N) is 2. The topological polar surface area (TPSA) is 28.2 Å². The van der Waals surface area contributed by atoms with Crippen LogP contribution in [0.15, 0.2) is 5.38 Å². The molecule has 96 valence electrons. The summed E-state index contributed by atoms with van der Waals surface area (Å²) in [6.45, 7) is 6.50. The van der Waals surface area contributed by atoms with Gasteiger partial charge in [0, 0.05) is 30.8 Å². The summed E-state index contributed by atoms with van der Waals surface area (Å²) in [6.07, 6.45) is 2.47. The fraction of sp³-hybridized carbons (Fsp3) is 0.750. The lowest BCUT2D eigenvalue weighted by Gasteiger charge is -2.18. The third kappa shape index (κ3) is 4.16. The van der Waals surface area contributed by atoms with Gasteiger partial charge in [-0.2, -0.15) is 11.8 Å². The number of rotatable bonds is 5. The molecule has 0 bridgehead atoms. The van der Waals surface area contributed by atoms with Crippen molar-refractivity contribution in [3.05, 3.63) is 11.1 Å². The molecule has 0 atom stereocenters. The van der Waals surface area contributed by atoms with E-state index in [2.05, 4.69) is 34.3 Å². The SMILES string of the molecule is CCCNCc1csc(N2CCCSCC2)n1. The molecule has 0 saturated carbocycles. The summed E-state index contributed by atoms with van der Waals surface area (Å²) < 4.78 is 0. The normalized spacial score (nSPS) is 17.1. The van der Waals surface area contributed by atoms with Crippen LogP contribution in [0.4, 0.5) is 5.13 Å². The Balaban J connectivity index is 1.87. The van der Waals surface area contributed by atoms with Crippen LogP contribution >= 0.6 is 23.1 Å². The Morgan fingerprint density at radius 2 is 2.35 bits per heavy atom. The molecule has 0 unspecified atom stereocenters. The van der Waals surface area contributed by atoms with Crippen molar-refractivity contribution in [1.82, 2.24) is 10.3 Å². The molecule has 1 aliphatic heterocycles. The van der Waals surface area contributed by atoms with E-state index in [9.17, 15) is 0 Å². The van der Waals surface area contributed by atoms with Gasteiger partial charge in [0.15, 0.2) is 5.13 Å². The van der Waals surface area contributed by atoms with Crippen molar-refractivity contribution in [2.24, 2.45) is 0 Å². The Morgan fingerprint density at radius 1 is 1.41 bits per heavy atom. The van der Waals surface area contributed by atoms with E-state index in [1.807, 2.05) is 0 Å². The summed E-state index contributed by atoms with van der Waals surface area (Å²) in [6, 6.07) is 0. The largest absolute Gasteiger partial charge is 0.347 e. The molecule has 0 amide bonds. The van der Waals surface area contributed by atoms with Gasteiger partial charge in [-0.25, -0.2) is 4.98 Å². The maximum atomic E-state index is 4.72. The maximum Gasteiger partial charge on any atom is 0.185 e. The fourth-order valence-electron chi connectivity index (χ4n) is 1.85. The highest BCUT2D eigenvalue weighted by Crippen LogP contribution is 2.23. The molecule has 1 saturated heterocycles. The van der Waals surface area contributed by atoms with Gasteiger partial charge < -0.3 is 10.2 Å². The summed E-state index contributed by atoms with van der Waals surface area (Å²) in [7, 11) is 0. The van der Waals surface area contributed by atoms with Crippen molar-refractivity contribution in [3.63, 3.8) is 0 Å². The smallest absolute Gasteiger partial charge is 0.185 e. The first kappa shape index (κ1) is 13.2. The van der Waals surface area contributed by atoms with Crippen LogP contribution in [-0.4, -0.2) is 36.1 Å². The van der Waals surface area contributed by atoms with Gasteiger partial charge in [0.1, 0.15) is 0 Å². The molecule has 1 aromatic rings. The third-order valence-corrected chi connectivity index (χ3v) is 4.76. The number of thioether (sulfide) groups is 1. The molecule has 1 fully saturated rings. The second kappa shape index (κ2) is 7.24. The van der Waals surface area contributed by atoms with Crippen LogP contribution in [0.3, 0.4) is 0 Å². The van der Waals surface area contributed by atoms with E-state index in [-0.39, 0.29) is 0 Å². The number of hydrogen-bond acceptors (Lipinski definition) is 5. The Kier molecular flexibility index (Phi) is 5.61. The first-order valence-electron chi connectivity index (χ1n) is 6.38. The lowest BCUT2D eigenvalue weighted by molar-refractivity contribution is 0.665. The van der Waals surface area contributed by atoms with Crippen LogP contribution < -0.4 is 10.2 Å². The lowest BCUT2D eigenvalue weighted by atomic mass is 10.4. The van der Waals surface area contributed by atoms with Crippen LogP contribution in [-0.2, 0) is 6.54 Å². The van der Waals surface area contributed by atoms with E-state index in [0.717, 1.165) is 19.6 Å². The monoisotopic (exact) mass is 271 g/mol. The van der Waals surface area contributed by atoms with Crippen molar-refractivity contribution < 1.29 is 0 Å². The number of thiazole rings is 1. The van der Waals surface area contributed by atoms with Gasteiger partial charge in [-0.05, 0) is 25.1 Å². The second-order valence-electron chi connectivity index (χ2n) is 4.25. The van der Waals surface area contributed by atoms with Crippen molar-refractivity contribution in [1.29, 1.82) is 0 Å². The number of hydrogen-bond donors (Lipinski definition) is 1. The zero-order valence-electron chi connectivity index (χ0n) is 10.4. The second-order valence-corrected chi connectivity index (χ2v) is 6.31. The quantitative estimate of drug-likeness (QED) is 0.833. The van der Waals surface area contributed by atoms with E-state index < -0.39 is 0 Å². The first-order valence-corrected chi connectivity index (χ1v) is 8.41. The third-order valence-electron chi connectivity index (χ3n) is 2.77. The van der Waals surface area contributed by atoms with Gasteiger partial charge in [0.2, 0.25) is 0 Å². The molecule has 5 heteroatoms. The van der Waals surface area contributed by atoms with Gasteiger partial charge in [0.05, 0.1) is 5.69 Å². The Labute approximate surface area is 112 Å². The first-order chi connectivity index (χ1) is 8.40. The molecule has 1 N–H and O–H groups in total. The predicted octanol–water partition coefficient (Wildman–Crippen LogP) is 2.59. The van der Waals surface area contributed by atoms with E-state index in [1.165, 1.54) is 41.7 Å². The standard InChI is InChI=1S/C12H21N3S2/c1-2-4-13-9-11-10-17-12(14-11)15-5-3-7-16-8-6-15/h10,13H,2-9H2,1H3. The van der Waals surface area contributed by atoms with Gasteiger partial charge in [-0.15, -0.1) is 11.3 Å². The zero-order chi connectivity index (χ0) is 11.9. The van der Waals surface area contributed by atoms with Crippen LogP contribution in [0.2, 0.25) is 0 Å². The molecule has 0 radical (unpaired) electrons. The Hall–Kier alpha value is -0.260. The van der Waals surface area contributed by atoms with Crippen molar-refractivity contribution in [3.8, 4) is 0 Å². The van der Waals surface area contributed by atoms with Gasteiger partial charge >= 0.3 is 0 Å². The highest BCUT2D eigenvalue weighted by atomic mass is 32.2. The highest BCUT2D eigenvalue weighted by molar-refractivity contribution is 7.99. The average molecular weight is 271 g/mol. The minimum absolute atomic E-state index is 0.910. The molecule has 3 nitrogen and oxygen atoms in total. The Bertz CT molecular complexity index is 319. The molecule has 0 aliphatic carbocycles. The summed E-state index contributed by atoms with van der Waals surface area (Å²) >= 11 is 3.85. The molecule has 1 aliphatic rings. The van der Waals surface area contributed by atoms with E-state index in [1.54, 1.807) is 11.3 Å². The molecule has 2 heterocycles. The van der Waals surface area contributed by atoms with Crippen molar-refractivity contribution in [2.75, 3.05) is 36.0 Å². The molecular formula is C12H21N3S2. The fourth-order valence-corrected chi connectivity index (χ4v) is 3.62. The number of anilines is 1. The number of nitrogens with one attached hydrogen (secondary N) is 1. The van der Waals surface area contributed by atoms with Gasteiger partial charge in [-0.3, -0.25) is 0 Å². The van der Waals surface area contributed by atoms with Gasteiger partial charge in [-0.1, -0.05) is 6.92 Å². The lowest BCUT2D eigenvalue weighted by Crippen LogP contribution is -2.25. The van der Waals surface area contributed by atoms with Crippen molar-refractivity contribution in [2.45, 2.75) is 26.3 Å². The van der Waals surface area contributed by atoms with Crippen LogP contribution in [0.5, 0.6) is 0 Å². The summed E-state index contributed by atoms with van der Waals surface area (Å²) in [5, 5.41) is 6.80. The molecule has 0 aromatic carbocycles. The van der Waals surface area contributed by atoms with E-state index in [4.69, 9.17) is 4.98 Å². The minimum Gasteiger partial charge on any atom is -0.347 e. The van der Waals surface area contributed by atoms with E-state index in [0.29, 0.717) is 0 Å².